The van der Waals surface area contributed by atoms with E-state index in [-0.39, 0.29) is 5.91 Å². The number of carbonyl (C=O) groups is 1. The van der Waals surface area contributed by atoms with Crippen LogP contribution in [-0.2, 0) is 17.8 Å². The van der Waals surface area contributed by atoms with Gasteiger partial charge in [0, 0.05) is 37.8 Å². The van der Waals surface area contributed by atoms with Crippen molar-refractivity contribution in [2.75, 3.05) is 26.7 Å². The van der Waals surface area contributed by atoms with Crippen LogP contribution in [0.25, 0.3) is 0 Å². The molecule has 4 nitrogen and oxygen atoms in total. The molecule has 27 heavy (non-hydrogen) atoms. The highest BCUT2D eigenvalue weighted by Crippen LogP contribution is 2.30. The van der Waals surface area contributed by atoms with Crippen molar-refractivity contribution in [3.05, 3.63) is 65.7 Å². The molecule has 0 N–H and O–H groups in total. The van der Waals surface area contributed by atoms with Gasteiger partial charge in [-0.15, -0.1) is 0 Å². The summed E-state index contributed by atoms with van der Waals surface area (Å²) in [6.07, 6.45) is 2.84. The van der Waals surface area contributed by atoms with E-state index in [0.29, 0.717) is 18.4 Å². The highest BCUT2D eigenvalue weighted by molar-refractivity contribution is 5.79. The zero-order valence-corrected chi connectivity index (χ0v) is 16.0. The van der Waals surface area contributed by atoms with Gasteiger partial charge in [0.15, 0.2) is 0 Å². The molecule has 2 bridgehead atoms. The molecule has 0 aliphatic carbocycles. The molecule has 2 atom stereocenters. The van der Waals surface area contributed by atoms with E-state index < -0.39 is 0 Å². The Labute approximate surface area is 161 Å². The molecule has 0 radical (unpaired) electrons. The lowest BCUT2D eigenvalue weighted by molar-refractivity contribution is -0.130. The van der Waals surface area contributed by atoms with Crippen LogP contribution in [0.15, 0.2) is 54.6 Å². The predicted molar refractivity (Wildman–Crippen MR) is 107 cm³/mol. The van der Waals surface area contributed by atoms with Crippen LogP contribution in [0.1, 0.15) is 24.0 Å². The maximum atomic E-state index is 13.0. The van der Waals surface area contributed by atoms with Gasteiger partial charge in [-0.3, -0.25) is 9.69 Å². The smallest absolute Gasteiger partial charge is 0.227 e. The summed E-state index contributed by atoms with van der Waals surface area (Å²) in [5, 5.41) is 0. The third-order valence-electron chi connectivity index (χ3n) is 5.94. The summed E-state index contributed by atoms with van der Waals surface area (Å²) in [7, 11) is 1.66. The lowest BCUT2D eigenvalue weighted by Crippen LogP contribution is -2.44. The van der Waals surface area contributed by atoms with Crippen molar-refractivity contribution in [1.29, 1.82) is 0 Å². The van der Waals surface area contributed by atoms with E-state index in [0.717, 1.165) is 37.5 Å². The largest absolute Gasteiger partial charge is 0.496 e. The maximum Gasteiger partial charge on any atom is 0.227 e. The van der Waals surface area contributed by atoms with Crippen molar-refractivity contribution in [3.63, 3.8) is 0 Å². The van der Waals surface area contributed by atoms with Crippen molar-refractivity contribution < 1.29 is 9.53 Å². The minimum Gasteiger partial charge on any atom is -0.496 e. The van der Waals surface area contributed by atoms with Crippen LogP contribution in [0, 0.1) is 5.92 Å². The van der Waals surface area contributed by atoms with Gasteiger partial charge >= 0.3 is 0 Å². The van der Waals surface area contributed by atoms with E-state index in [1.165, 1.54) is 18.4 Å². The fourth-order valence-electron chi connectivity index (χ4n) is 4.52. The molecule has 3 aliphatic heterocycles. The number of piperidine rings is 1. The van der Waals surface area contributed by atoms with Gasteiger partial charge in [-0.05, 0) is 30.4 Å². The molecule has 1 amide bonds. The summed E-state index contributed by atoms with van der Waals surface area (Å²) in [4.78, 5) is 17.7. The summed E-state index contributed by atoms with van der Waals surface area (Å²) in [6, 6.07) is 19.0. The standard InChI is InChI=1S/C23H28N2O2/c1-27-22-10-6-5-9-20(22)13-23(26)25-16-19-11-12-21(17-25)24(15-19)14-18-7-3-2-4-8-18/h2-10,19,21H,11-17H2,1H3/t19-,21-/m1/s1. The topological polar surface area (TPSA) is 32.8 Å². The Balaban J connectivity index is 1.44. The number of hydrogen-bond donors (Lipinski definition) is 0. The van der Waals surface area contributed by atoms with Crippen molar-refractivity contribution >= 4 is 5.91 Å². The Morgan fingerprint density at radius 2 is 1.78 bits per heavy atom. The second kappa shape index (κ2) is 8.13. The minimum atomic E-state index is 0.220. The third kappa shape index (κ3) is 4.16. The number of carbonyl (C=O) groups excluding carboxylic acids is 1. The Bertz CT molecular complexity index is 777. The first-order valence-electron chi connectivity index (χ1n) is 9.90. The van der Waals surface area contributed by atoms with Crippen LogP contribution in [-0.4, -0.2) is 48.5 Å². The van der Waals surface area contributed by atoms with Crippen LogP contribution < -0.4 is 4.74 Å². The van der Waals surface area contributed by atoms with Crippen LogP contribution in [0.3, 0.4) is 0 Å². The molecule has 0 spiro atoms. The molecule has 142 valence electrons. The van der Waals surface area contributed by atoms with Crippen molar-refractivity contribution in [2.24, 2.45) is 5.92 Å². The molecule has 4 heteroatoms. The molecule has 2 aromatic carbocycles. The normalized spacial score (nSPS) is 22.5. The van der Waals surface area contributed by atoms with E-state index in [4.69, 9.17) is 4.74 Å². The van der Waals surface area contributed by atoms with E-state index >= 15 is 0 Å². The number of nitrogens with zero attached hydrogens (tertiary/aromatic N) is 2. The maximum absolute atomic E-state index is 13.0. The molecule has 3 saturated heterocycles. The number of methoxy groups -OCH3 is 1. The number of ether oxygens (including phenoxy) is 1. The molecule has 3 fully saturated rings. The van der Waals surface area contributed by atoms with Crippen molar-refractivity contribution in [1.82, 2.24) is 9.80 Å². The Kier molecular flexibility index (Phi) is 5.44. The summed E-state index contributed by atoms with van der Waals surface area (Å²) < 4.78 is 5.42. The highest BCUT2D eigenvalue weighted by atomic mass is 16.5. The second-order valence-corrected chi connectivity index (χ2v) is 7.80. The monoisotopic (exact) mass is 364 g/mol. The van der Waals surface area contributed by atoms with Crippen molar-refractivity contribution in [2.45, 2.75) is 31.8 Å². The van der Waals surface area contributed by atoms with Gasteiger partial charge < -0.3 is 9.64 Å². The van der Waals surface area contributed by atoms with E-state index in [9.17, 15) is 4.79 Å². The summed E-state index contributed by atoms with van der Waals surface area (Å²) in [6.45, 7) is 3.81. The van der Waals surface area contributed by atoms with E-state index in [1.807, 2.05) is 24.3 Å². The third-order valence-corrected chi connectivity index (χ3v) is 5.94. The Morgan fingerprint density at radius 1 is 1.00 bits per heavy atom. The zero-order chi connectivity index (χ0) is 18.6. The van der Waals surface area contributed by atoms with E-state index in [2.05, 4.69) is 40.1 Å². The average Bonchev–Trinajstić information content (AvgIpc) is 3.01. The lowest BCUT2D eigenvalue weighted by atomic mass is 9.94. The first-order valence-corrected chi connectivity index (χ1v) is 9.90. The predicted octanol–water partition coefficient (Wildman–Crippen LogP) is 3.36. The van der Waals surface area contributed by atoms with Crippen LogP contribution in [0.5, 0.6) is 5.75 Å². The summed E-state index contributed by atoms with van der Waals surface area (Å²) in [5.74, 6) is 1.60. The number of amides is 1. The molecular weight excluding hydrogens is 336 g/mol. The Hall–Kier alpha value is -2.33. The quantitative estimate of drug-likeness (QED) is 0.816. The number of benzene rings is 2. The molecule has 0 aromatic heterocycles. The second-order valence-electron chi connectivity index (χ2n) is 7.80. The average molecular weight is 364 g/mol. The number of rotatable bonds is 5. The van der Waals surface area contributed by atoms with Gasteiger partial charge in [0.1, 0.15) is 5.75 Å². The fraction of sp³-hybridized carbons (Fsp3) is 0.435. The fourth-order valence-corrected chi connectivity index (χ4v) is 4.52. The van der Waals surface area contributed by atoms with Crippen LogP contribution in [0.4, 0.5) is 0 Å². The van der Waals surface area contributed by atoms with Gasteiger partial charge in [0.2, 0.25) is 5.91 Å². The van der Waals surface area contributed by atoms with Gasteiger partial charge in [0.05, 0.1) is 13.5 Å². The minimum absolute atomic E-state index is 0.220. The molecule has 2 aromatic rings. The molecular formula is C23H28N2O2. The van der Waals surface area contributed by atoms with Crippen LogP contribution >= 0.6 is 0 Å². The first kappa shape index (κ1) is 18.1. The number of para-hydroxylation sites is 1. The molecule has 5 rings (SSSR count). The van der Waals surface area contributed by atoms with Gasteiger partial charge in [-0.2, -0.15) is 0 Å². The van der Waals surface area contributed by atoms with E-state index in [1.54, 1.807) is 7.11 Å². The zero-order valence-electron chi connectivity index (χ0n) is 16.0. The van der Waals surface area contributed by atoms with Gasteiger partial charge in [0.25, 0.3) is 0 Å². The van der Waals surface area contributed by atoms with Gasteiger partial charge in [-0.1, -0.05) is 48.5 Å². The highest BCUT2D eigenvalue weighted by Gasteiger charge is 2.36. The van der Waals surface area contributed by atoms with Gasteiger partial charge in [-0.25, -0.2) is 0 Å². The van der Waals surface area contributed by atoms with Crippen molar-refractivity contribution in [3.8, 4) is 5.75 Å². The molecule has 0 saturated carbocycles. The van der Waals surface area contributed by atoms with Crippen LogP contribution in [0.2, 0.25) is 0 Å². The summed E-state index contributed by atoms with van der Waals surface area (Å²) in [5.41, 5.74) is 2.33. The SMILES string of the molecule is COc1ccccc1CC(=O)N1C[C@@H]2CC[C@H](C1)N(Cc1ccccc1)C2. The first-order chi connectivity index (χ1) is 13.2. The summed E-state index contributed by atoms with van der Waals surface area (Å²) >= 11 is 0. The molecule has 3 aliphatic rings. The number of fused-ring (bicyclic) bond motifs is 4. The molecule has 3 heterocycles. The lowest BCUT2D eigenvalue weighted by Gasteiger charge is -2.36. The Morgan fingerprint density at radius 3 is 2.59 bits per heavy atom. The molecule has 0 unspecified atom stereocenters. The number of hydrogen-bond acceptors (Lipinski definition) is 3.